The Balaban J connectivity index is 2.83. The van der Waals surface area contributed by atoms with Crippen LogP contribution in [0.1, 0.15) is 25.6 Å². The second kappa shape index (κ2) is 3.35. The van der Waals surface area contributed by atoms with Gasteiger partial charge in [-0.25, -0.2) is 9.67 Å². The van der Waals surface area contributed by atoms with Crippen molar-refractivity contribution in [2.75, 3.05) is 0 Å². The second-order valence-corrected chi connectivity index (χ2v) is 3.05. The molecule has 1 aromatic heterocycles. The van der Waals surface area contributed by atoms with Gasteiger partial charge in [0.2, 0.25) is 0 Å². The van der Waals surface area contributed by atoms with Crippen LogP contribution in [0.25, 0.3) is 0 Å². The fraction of sp³-hybridized carbons (Fsp3) is 0.714. The largest absolute Gasteiger partial charge is 0.408 e. The molecule has 0 unspecified atom stereocenters. The molecule has 0 atom stereocenters. The molecule has 0 radical (unpaired) electrons. The summed E-state index contributed by atoms with van der Waals surface area (Å²) < 4.78 is 36.8. The Labute approximate surface area is 73.6 Å². The van der Waals surface area contributed by atoms with Gasteiger partial charge in [-0.2, -0.15) is 18.3 Å². The highest BCUT2D eigenvalue weighted by atomic mass is 19.4. The van der Waals surface area contributed by atoms with E-state index in [1.54, 1.807) is 13.8 Å². The van der Waals surface area contributed by atoms with Gasteiger partial charge in [-0.3, -0.25) is 0 Å². The lowest BCUT2D eigenvalue weighted by Gasteiger charge is -2.10. The maximum atomic E-state index is 12.0. The smallest absolute Gasteiger partial charge is 0.241 e. The molecule has 74 valence electrons. The van der Waals surface area contributed by atoms with Crippen molar-refractivity contribution in [3.8, 4) is 0 Å². The predicted molar refractivity (Wildman–Crippen MR) is 40.2 cm³/mol. The van der Waals surface area contributed by atoms with Crippen LogP contribution in [0.15, 0.2) is 6.33 Å². The molecule has 3 nitrogen and oxygen atoms in total. The van der Waals surface area contributed by atoms with Crippen LogP contribution in [0.2, 0.25) is 0 Å². The molecule has 1 heterocycles. The topological polar surface area (TPSA) is 30.7 Å². The molecule has 0 bridgehead atoms. The van der Waals surface area contributed by atoms with E-state index in [1.165, 1.54) is 0 Å². The zero-order valence-corrected chi connectivity index (χ0v) is 7.34. The zero-order valence-electron chi connectivity index (χ0n) is 7.34. The fourth-order valence-electron chi connectivity index (χ4n) is 1.01. The molecule has 0 aromatic carbocycles. The highest BCUT2D eigenvalue weighted by Gasteiger charge is 2.29. The molecular weight excluding hydrogens is 183 g/mol. The predicted octanol–water partition coefficient (Wildman–Crippen LogP) is 1.96. The van der Waals surface area contributed by atoms with E-state index in [1.807, 2.05) is 0 Å². The minimum atomic E-state index is -4.24. The van der Waals surface area contributed by atoms with Crippen LogP contribution in [0.5, 0.6) is 0 Å². The Bertz CT molecular complexity index is 277. The van der Waals surface area contributed by atoms with Gasteiger partial charge in [0.1, 0.15) is 18.7 Å². The molecule has 0 saturated carbocycles. The van der Waals surface area contributed by atoms with Crippen molar-refractivity contribution in [3.63, 3.8) is 0 Å². The van der Waals surface area contributed by atoms with E-state index >= 15 is 0 Å². The lowest BCUT2D eigenvalue weighted by molar-refractivity contribution is -0.143. The molecule has 0 fully saturated rings. The third kappa shape index (κ3) is 2.71. The summed E-state index contributed by atoms with van der Waals surface area (Å²) in [4.78, 5) is 3.75. The van der Waals surface area contributed by atoms with Crippen molar-refractivity contribution in [1.82, 2.24) is 14.8 Å². The van der Waals surface area contributed by atoms with Gasteiger partial charge >= 0.3 is 6.18 Å². The number of rotatable bonds is 2. The van der Waals surface area contributed by atoms with Gasteiger partial charge in [-0.1, -0.05) is 13.8 Å². The van der Waals surface area contributed by atoms with Crippen LogP contribution in [-0.2, 0) is 6.54 Å². The molecule has 0 aliphatic heterocycles. The second-order valence-electron chi connectivity index (χ2n) is 3.05. The Kier molecular flexibility index (Phi) is 2.58. The molecule has 0 aliphatic rings. The van der Waals surface area contributed by atoms with E-state index in [-0.39, 0.29) is 5.92 Å². The van der Waals surface area contributed by atoms with E-state index in [2.05, 4.69) is 10.1 Å². The highest BCUT2D eigenvalue weighted by molar-refractivity contribution is 4.91. The molecule has 0 aliphatic carbocycles. The van der Waals surface area contributed by atoms with Gasteiger partial charge in [0, 0.05) is 5.92 Å². The Morgan fingerprint density at radius 1 is 1.46 bits per heavy atom. The Morgan fingerprint density at radius 3 is 2.54 bits per heavy atom. The number of hydrogen-bond acceptors (Lipinski definition) is 2. The van der Waals surface area contributed by atoms with Crippen LogP contribution in [0.3, 0.4) is 0 Å². The van der Waals surface area contributed by atoms with Gasteiger partial charge in [-0.05, 0) is 0 Å². The first-order valence-corrected chi connectivity index (χ1v) is 3.84. The highest BCUT2D eigenvalue weighted by Crippen LogP contribution is 2.19. The normalized spacial score (nSPS) is 12.5. The van der Waals surface area contributed by atoms with Crippen molar-refractivity contribution >= 4 is 0 Å². The molecular formula is C7H10F3N3. The number of nitrogens with zero attached hydrogens (tertiary/aromatic N) is 3. The number of halogens is 3. The maximum absolute atomic E-state index is 12.0. The molecule has 1 aromatic rings. The lowest BCUT2D eigenvalue weighted by atomic mass is 10.2. The summed E-state index contributed by atoms with van der Waals surface area (Å²) in [5.41, 5.74) is 0. The van der Waals surface area contributed by atoms with Gasteiger partial charge in [-0.15, -0.1) is 0 Å². The SMILES string of the molecule is CC(C)c1ncnn1CC(F)(F)F. The van der Waals surface area contributed by atoms with Crippen LogP contribution >= 0.6 is 0 Å². The van der Waals surface area contributed by atoms with Crippen molar-refractivity contribution in [2.24, 2.45) is 0 Å². The molecule has 0 saturated heterocycles. The monoisotopic (exact) mass is 193 g/mol. The average molecular weight is 193 g/mol. The van der Waals surface area contributed by atoms with Crippen molar-refractivity contribution in [3.05, 3.63) is 12.2 Å². The van der Waals surface area contributed by atoms with Gasteiger partial charge in [0.15, 0.2) is 0 Å². The Hall–Kier alpha value is -1.07. The molecule has 0 N–H and O–H groups in total. The summed E-state index contributed by atoms with van der Waals surface area (Å²) in [6.07, 6.45) is -3.10. The van der Waals surface area contributed by atoms with Gasteiger partial charge in [0.25, 0.3) is 0 Å². The van der Waals surface area contributed by atoms with E-state index < -0.39 is 12.7 Å². The first-order chi connectivity index (χ1) is 5.90. The van der Waals surface area contributed by atoms with E-state index in [0.29, 0.717) is 5.82 Å². The number of hydrogen-bond donors (Lipinski definition) is 0. The quantitative estimate of drug-likeness (QED) is 0.718. The molecule has 13 heavy (non-hydrogen) atoms. The zero-order chi connectivity index (χ0) is 10.1. The minimum Gasteiger partial charge on any atom is -0.241 e. The van der Waals surface area contributed by atoms with E-state index in [4.69, 9.17) is 0 Å². The molecule has 0 spiro atoms. The van der Waals surface area contributed by atoms with Crippen molar-refractivity contribution in [2.45, 2.75) is 32.5 Å². The summed E-state index contributed by atoms with van der Waals surface area (Å²) >= 11 is 0. The van der Waals surface area contributed by atoms with Crippen molar-refractivity contribution < 1.29 is 13.2 Å². The number of alkyl halides is 3. The molecule has 0 amide bonds. The maximum Gasteiger partial charge on any atom is 0.408 e. The summed E-state index contributed by atoms with van der Waals surface area (Å²) in [7, 11) is 0. The van der Waals surface area contributed by atoms with Gasteiger partial charge < -0.3 is 0 Å². The van der Waals surface area contributed by atoms with Gasteiger partial charge in [0.05, 0.1) is 0 Å². The summed E-state index contributed by atoms with van der Waals surface area (Å²) in [5, 5.41) is 3.51. The first-order valence-electron chi connectivity index (χ1n) is 3.84. The lowest BCUT2D eigenvalue weighted by Crippen LogP contribution is -2.21. The molecule has 6 heteroatoms. The standard InChI is InChI=1S/C7H10F3N3/c1-5(2)6-11-4-12-13(6)3-7(8,9)10/h4-5H,3H2,1-2H3. The number of aromatic nitrogens is 3. The van der Waals surface area contributed by atoms with E-state index in [9.17, 15) is 13.2 Å². The summed E-state index contributed by atoms with van der Waals surface area (Å²) in [6.45, 7) is 2.48. The fourth-order valence-corrected chi connectivity index (χ4v) is 1.01. The third-order valence-electron chi connectivity index (χ3n) is 1.49. The average Bonchev–Trinajstić information content (AvgIpc) is 2.31. The summed E-state index contributed by atoms with van der Waals surface area (Å²) in [5.74, 6) is 0.308. The Morgan fingerprint density at radius 2 is 2.08 bits per heavy atom. The first kappa shape index (κ1) is 10.0. The third-order valence-corrected chi connectivity index (χ3v) is 1.49. The van der Waals surface area contributed by atoms with E-state index in [0.717, 1.165) is 11.0 Å². The van der Waals surface area contributed by atoms with Crippen LogP contribution in [-0.4, -0.2) is 20.9 Å². The van der Waals surface area contributed by atoms with Crippen molar-refractivity contribution in [1.29, 1.82) is 0 Å². The van der Waals surface area contributed by atoms with Crippen LogP contribution < -0.4 is 0 Å². The molecule has 1 rings (SSSR count). The summed E-state index contributed by atoms with van der Waals surface area (Å²) in [6, 6.07) is 0. The van der Waals surface area contributed by atoms with Crippen LogP contribution in [0, 0.1) is 0 Å². The minimum absolute atomic E-state index is 0.0511. The van der Waals surface area contributed by atoms with Crippen LogP contribution in [0.4, 0.5) is 13.2 Å².